The number of nitrogens with one attached hydrogen (secondary N) is 4. The van der Waals surface area contributed by atoms with Crippen molar-refractivity contribution in [3.05, 3.63) is 79.6 Å². The first-order valence-electron chi connectivity index (χ1n) is 25.1. The number of nitrogens with zero attached hydrogens (tertiary/aromatic N) is 10. The predicted molar refractivity (Wildman–Crippen MR) is 287 cm³/mol. The number of hydrogen-bond acceptors (Lipinski definition) is 29. The van der Waals surface area contributed by atoms with E-state index in [1.54, 1.807) is 9.80 Å². The molecule has 0 aliphatic carbocycles. The van der Waals surface area contributed by atoms with Crippen LogP contribution in [0.15, 0.2) is 69.8 Å². The number of carbonyl (C=O) groups excluding carboxylic acids is 7. The van der Waals surface area contributed by atoms with Gasteiger partial charge in [0.1, 0.15) is 28.2 Å². The summed E-state index contributed by atoms with van der Waals surface area (Å²) >= 11 is 3.23. The SMILES string of the molecule is Cc1oc(=O)oc1COC(=O)N1CC[C@@H](N2CC/C(=C\C3=C(C(=O)O)N4C(=O)[C@@H](NC(=O)/C(=N\OC(=O)[C@@H](NC(=O)/C(=N\O)c5nsc(N)n5)[C@@H]5NC(C(=O)O)=C(/C=C6\CCN([C@@H]7CCNC7)C6=O)CS5)c5nsc(N)n5)[C@H]4SC3)C2=O)C1. The number of oxime groups is 2. The Bertz CT molecular complexity index is 3490. The van der Waals surface area contributed by atoms with Gasteiger partial charge in [-0.15, -0.1) is 23.5 Å². The number of carboxylic acid groups (broad SMARTS) is 2. The monoisotopic (exact) mass is 1220 g/mol. The zero-order chi connectivity index (χ0) is 59.0. The molecule has 7 aliphatic rings. The van der Waals surface area contributed by atoms with Gasteiger partial charge in [0, 0.05) is 84.5 Å². The summed E-state index contributed by atoms with van der Waals surface area (Å²) in [6, 6.07) is -3.77. The maximum Gasteiger partial charge on any atom is 0.519 e. The van der Waals surface area contributed by atoms with Crippen molar-refractivity contribution in [2.75, 3.05) is 62.2 Å². The fraction of sp³-hybridized carbons (Fsp3) is 0.435. The van der Waals surface area contributed by atoms with Crippen molar-refractivity contribution in [2.45, 2.75) is 74.1 Å². The second-order valence-electron chi connectivity index (χ2n) is 19.1. The second-order valence-corrected chi connectivity index (χ2v) is 22.9. The van der Waals surface area contributed by atoms with Crippen LogP contribution in [0, 0.1) is 6.92 Å². The number of rotatable bonds is 17. The van der Waals surface area contributed by atoms with Crippen LogP contribution in [-0.4, -0.2) is 204 Å². The van der Waals surface area contributed by atoms with Crippen LogP contribution in [0.3, 0.4) is 0 Å². The van der Waals surface area contributed by atoms with E-state index in [-0.39, 0.29) is 94.6 Å². The van der Waals surface area contributed by atoms with E-state index in [0.717, 1.165) is 41.4 Å². The van der Waals surface area contributed by atoms with Gasteiger partial charge in [0.05, 0.1) is 6.04 Å². The normalized spacial score (nSPS) is 24.3. The summed E-state index contributed by atoms with van der Waals surface area (Å²) in [5.74, 6) is -10.3. The average molecular weight is 1230 g/mol. The molecule has 5 saturated heterocycles. The van der Waals surface area contributed by atoms with E-state index >= 15 is 0 Å². The van der Waals surface area contributed by atoms with Gasteiger partial charge < -0.3 is 81.3 Å². The standard InChI is InChI=1S/C46H48N16O17S4/c1-17-24(78-46(74)77-17)14-76-45(73)59-7-5-23(13-59)61-9-4-19(37(61)66)11-21-16-81-39-29(38(67)62(39)30(21)41(70)71)51-34(64)27(32-54-44(48)83-58-32)56-79-42(72)28(50-33(63)26(55-75)31-53-43(47)82-57-31)35-52-25(40(68)69)20(15-80-35)10-18-3-8-60(36(18)65)22-2-6-49-12-22/h10-11,22-23,28-29,35,39,49,52,75H,2-9,12-16H2,1H3,(H,50,63)(H,51,64)(H,68,69)(H,70,71)(H2,47,53,57)(H2,48,54,58)/b18-10+,19-11+,55-26-,56-27-/t22-,23-,28+,29-,35-,39-/m1/s1. The Morgan fingerprint density at radius 3 is 2.12 bits per heavy atom. The number of carboxylic acids is 2. The van der Waals surface area contributed by atoms with E-state index in [9.17, 15) is 63.4 Å². The van der Waals surface area contributed by atoms with Crippen molar-refractivity contribution < 1.29 is 77.0 Å². The molecule has 6 amide bonds. The largest absolute Gasteiger partial charge is 0.519 e. The van der Waals surface area contributed by atoms with Gasteiger partial charge in [0.25, 0.3) is 17.7 Å². The zero-order valence-corrected chi connectivity index (χ0v) is 46.4. The lowest BCUT2D eigenvalue weighted by Gasteiger charge is -2.49. The Morgan fingerprint density at radius 1 is 0.855 bits per heavy atom. The van der Waals surface area contributed by atoms with Gasteiger partial charge in [-0.25, -0.2) is 24.0 Å². The van der Waals surface area contributed by atoms with Crippen molar-refractivity contribution in [3.8, 4) is 0 Å². The van der Waals surface area contributed by atoms with Gasteiger partial charge >= 0.3 is 29.8 Å². The molecule has 11 N–H and O–H groups in total. The summed E-state index contributed by atoms with van der Waals surface area (Å²) in [4.78, 5) is 152. The third-order valence-corrected chi connectivity index (χ3v) is 17.8. The van der Waals surface area contributed by atoms with E-state index in [1.165, 1.54) is 24.0 Å². The Hall–Kier alpha value is -8.68. The Kier molecular flexibility index (Phi) is 16.7. The maximum atomic E-state index is 14.3. The number of likely N-dealkylation sites (tertiary alicyclic amines) is 3. The van der Waals surface area contributed by atoms with E-state index in [0.29, 0.717) is 54.6 Å². The number of nitrogens with two attached hydrogens (primary N) is 2. The highest BCUT2D eigenvalue weighted by Gasteiger charge is 2.55. The lowest BCUT2D eigenvalue weighted by molar-refractivity contribution is -0.150. The minimum atomic E-state index is -1.95. The van der Waals surface area contributed by atoms with Crippen LogP contribution in [0.25, 0.3) is 0 Å². The number of ether oxygens (including phenoxy) is 1. The van der Waals surface area contributed by atoms with Crippen LogP contribution in [-0.2, 0) is 54.5 Å². The second kappa shape index (κ2) is 24.0. The first-order chi connectivity index (χ1) is 39.8. The molecule has 3 aromatic rings. The average Bonchev–Trinajstić information content (AvgIpc) is 4.22. The number of carbonyl (C=O) groups is 9. The summed E-state index contributed by atoms with van der Waals surface area (Å²) in [6.07, 6.45) is 3.94. The van der Waals surface area contributed by atoms with Crippen LogP contribution in [0.4, 0.5) is 15.1 Å². The van der Waals surface area contributed by atoms with E-state index in [4.69, 9.17) is 29.9 Å². The number of allylic oxidation sites excluding steroid dienone is 2. The smallest absolute Gasteiger partial charge is 0.477 e. The van der Waals surface area contributed by atoms with Gasteiger partial charge in [0.2, 0.25) is 34.9 Å². The highest BCUT2D eigenvalue weighted by atomic mass is 32.2. The van der Waals surface area contributed by atoms with Crippen molar-refractivity contribution in [1.82, 2.24) is 59.6 Å². The number of nitrogen functional groups attached to an aromatic ring is 2. The topological polar surface area (TPSA) is 466 Å². The Morgan fingerprint density at radius 2 is 1.52 bits per heavy atom. The third-order valence-electron chi connectivity index (χ3n) is 14.1. The van der Waals surface area contributed by atoms with Crippen LogP contribution in [0.5, 0.6) is 0 Å². The Labute approximate surface area is 482 Å². The molecule has 5 fully saturated rings. The molecule has 0 aromatic carbocycles. The molecule has 33 nitrogen and oxygen atoms in total. The summed E-state index contributed by atoms with van der Waals surface area (Å²) in [5.41, 5.74) is 9.94. The maximum absolute atomic E-state index is 14.3. The molecule has 0 saturated carbocycles. The van der Waals surface area contributed by atoms with Crippen LogP contribution >= 0.6 is 46.6 Å². The van der Waals surface area contributed by atoms with E-state index in [1.807, 2.05) is 0 Å². The number of aliphatic carboxylic acids is 2. The van der Waals surface area contributed by atoms with Gasteiger partial charge in [-0.1, -0.05) is 10.3 Å². The highest BCUT2D eigenvalue weighted by molar-refractivity contribution is 8.00. The molecule has 0 radical (unpaired) electrons. The molecule has 37 heteroatoms. The number of anilines is 2. The van der Waals surface area contributed by atoms with Crippen molar-refractivity contribution in [1.29, 1.82) is 0 Å². The number of amides is 6. The Balaban J connectivity index is 0.837. The van der Waals surface area contributed by atoms with Crippen molar-refractivity contribution >= 4 is 122 Å². The zero-order valence-electron chi connectivity index (χ0n) is 43.1. The van der Waals surface area contributed by atoms with E-state index < -0.39 is 117 Å². The number of aryl methyl sites for hydroxylation is 1. The predicted octanol–water partition coefficient (Wildman–Crippen LogP) is -2.15. The quantitative estimate of drug-likeness (QED) is 0.0174. The molecule has 0 bridgehead atoms. The summed E-state index contributed by atoms with van der Waals surface area (Å²) in [5, 5.41) is 45.4. The summed E-state index contributed by atoms with van der Waals surface area (Å²) in [6.45, 7) is 3.61. The molecule has 83 heavy (non-hydrogen) atoms. The number of β-lactam (4-membered cyclic amide) rings is 1. The molecule has 0 unspecified atom stereocenters. The van der Waals surface area contributed by atoms with Crippen LogP contribution in [0.1, 0.15) is 48.9 Å². The summed E-state index contributed by atoms with van der Waals surface area (Å²) in [7, 11) is 0. The number of aromatic nitrogens is 4. The third kappa shape index (κ3) is 11.9. The number of hydrogen-bond donors (Lipinski definition) is 9. The van der Waals surface area contributed by atoms with Crippen LogP contribution < -0.4 is 38.6 Å². The summed E-state index contributed by atoms with van der Waals surface area (Å²) < 4.78 is 22.8. The minimum absolute atomic E-state index is 0.0171. The number of thioether (sulfide) groups is 2. The van der Waals surface area contributed by atoms with Crippen LogP contribution in [0.2, 0.25) is 0 Å². The molecule has 3 aromatic heterocycles. The van der Waals surface area contributed by atoms with Gasteiger partial charge in [-0.05, 0) is 62.5 Å². The van der Waals surface area contributed by atoms with Crippen molar-refractivity contribution in [3.63, 3.8) is 0 Å². The highest BCUT2D eigenvalue weighted by Crippen LogP contribution is 2.42. The van der Waals surface area contributed by atoms with Gasteiger partial charge in [-0.2, -0.15) is 18.7 Å². The fourth-order valence-corrected chi connectivity index (χ4v) is 13.4. The van der Waals surface area contributed by atoms with Gasteiger partial charge in [0.15, 0.2) is 34.4 Å². The molecule has 0 spiro atoms. The molecule has 6 atom stereocenters. The fourth-order valence-electron chi connectivity index (χ4n) is 10.1. The molecular weight excluding hydrogens is 1180 g/mol. The number of fused-ring (bicyclic) bond motifs is 1. The first-order valence-corrected chi connectivity index (χ1v) is 28.7. The molecule has 7 aliphatic heterocycles. The molecule has 10 heterocycles. The molecule has 438 valence electrons. The van der Waals surface area contributed by atoms with Gasteiger partial charge in [-0.3, -0.25) is 28.9 Å². The first kappa shape index (κ1) is 57.6. The molecular formula is C46H48N16O17S4. The molecule has 10 rings (SSSR count). The minimum Gasteiger partial charge on any atom is -0.477 e. The lowest BCUT2D eigenvalue weighted by atomic mass is 10.0. The lowest BCUT2D eigenvalue weighted by Crippen LogP contribution is -2.71. The van der Waals surface area contributed by atoms with Crippen molar-refractivity contribution in [2.24, 2.45) is 10.3 Å². The van der Waals surface area contributed by atoms with E-state index in [2.05, 4.69) is 50.3 Å².